The van der Waals surface area contributed by atoms with E-state index in [2.05, 4.69) is 5.32 Å². The summed E-state index contributed by atoms with van der Waals surface area (Å²) in [5.41, 5.74) is 1.04. The van der Waals surface area contributed by atoms with E-state index in [1.54, 1.807) is 18.0 Å². The highest BCUT2D eigenvalue weighted by molar-refractivity contribution is 6.20. The van der Waals surface area contributed by atoms with Gasteiger partial charge in [-0.2, -0.15) is 0 Å². The van der Waals surface area contributed by atoms with Crippen LogP contribution in [0.15, 0.2) is 78.9 Å². The lowest BCUT2D eigenvalue weighted by Crippen LogP contribution is -2.69. The van der Waals surface area contributed by atoms with Crippen LogP contribution in [0, 0.1) is 15.5 Å². The van der Waals surface area contributed by atoms with E-state index in [0.29, 0.717) is 17.7 Å². The number of barbiturate groups is 1. The average Bonchev–Trinajstić information content (AvgIpc) is 2.88. The molecule has 0 aromatic heterocycles. The normalized spacial score (nSPS) is 21.4. The fourth-order valence-corrected chi connectivity index (χ4v) is 5.37. The number of urea groups is 1. The molecule has 2 aliphatic heterocycles. The highest BCUT2D eigenvalue weighted by Gasteiger charge is 2.62. The molecule has 0 unspecified atom stereocenters. The number of nitro benzene ring substituents is 1. The van der Waals surface area contributed by atoms with Gasteiger partial charge in [-0.3, -0.25) is 29.9 Å². The van der Waals surface area contributed by atoms with Crippen molar-refractivity contribution in [3.63, 3.8) is 0 Å². The Morgan fingerprint density at radius 1 is 1.00 bits per heavy atom. The lowest BCUT2D eigenvalue weighted by atomic mass is 9.66. The molecule has 0 aliphatic carbocycles. The van der Waals surface area contributed by atoms with Crippen LogP contribution in [0.3, 0.4) is 0 Å². The van der Waals surface area contributed by atoms with Crippen molar-refractivity contribution in [3.8, 4) is 0 Å². The van der Waals surface area contributed by atoms with Crippen LogP contribution in [-0.2, 0) is 22.4 Å². The van der Waals surface area contributed by atoms with E-state index >= 15 is 0 Å². The predicted octanol–water partition coefficient (Wildman–Crippen LogP) is 3.64. The molecule has 3 aromatic rings. The first kappa shape index (κ1) is 23.2. The second-order valence-electron chi connectivity index (χ2n) is 9.09. The first-order valence-electron chi connectivity index (χ1n) is 11.6. The van der Waals surface area contributed by atoms with E-state index in [9.17, 15) is 24.5 Å². The molecule has 4 amide bonds. The second kappa shape index (κ2) is 8.92. The monoisotopic (exact) mass is 484 g/mol. The molecule has 2 atom stereocenters. The molecule has 2 aliphatic rings. The quantitative estimate of drug-likeness (QED) is 0.336. The molecule has 0 saturated carbocycles. The zero-order valence-electron chi connectivity index (χ0n) is 19.6. The number of rotatable bonds is 5. The number of carbonyl (C=O) groups is 3. The highest BCUT2D eigenvalue weighted by atomic mass is 16.6. The number of hydrogen-bond acceptors (Lipinski definition) is 6. The molecule has 182 valence electrons. The van der Waals surface area contributed by atoms with Gasteiger partial charge < -0.3 is 4.90 Å². The van der Waals surface area contributed by atoms with Crippen molar-refractivity contribution in [1.82, 2.24) is 10.2 Å². The molecule has 0 radical (unpaired) electrons. The van der Waals surface area contributed by atoms with Crippen molar-refractivity contribution in [2.24, 2.45) is 5.41 Å². The number of amides is 4. The number of carbonyl (C=O) groups excluding carboxylic acids is 3. The Kier molecular flexibility index (Phi) is 5.75. The first-order chi connectivity index (χ1) is 17.3. The van der Waals surface area contributed by atoms with Crippen molar-refractivity contribution in [2.45, 2.75) is 18.9 Å². The lowest BCUT2D eigenvalue weighted by Gasteiger charge is -2.51. The van der Waals surface area contributed by atoms with Crippen molar-refractivity contribution >= 4 is 29.2 Å². The van der Waals surface area contributed by atoms with Crippen LogP contribution in [-0.4, -0.2) is 41.3 Å². The molecular weight excluding hydrogens is 460 g/mol. The Bertz CT molecular complexity index is 1360. The fourth-order valence-electron chi connectivity index (χ4n) is 5.37. The summed E-state index contributed by atoms with van der Waals surface area (Å²) in [7, 11) is 1.76. The number of anilines is 1. The Morgan fingerprint density at radius 3 is 2.33 bits per heavy atom. The zero-order valence-corrected chi connectivity index (χ0v) is 19.6. The highest BCUT2D eigenvalue weighted by Crippen LogP contribution is 2.51. The van der Waals surface area contributed by atoms with Crippen molar-refractivity contribution in [1.29, 1.82) is 0 Å². The third kappa shape index (κ3) is 3.69. The molecule has 1 fully saturated rings. The van der Waals surface area contributed by atoms with E-state index in [0.717, 1.165) is 16.0 Å². The molecule has 2 heterocycles. The minimum Gasteiger partial charge on any atom is -0.366 e. The first-order valence-corrected chi connectivity index (χ1v) is 11.6. The van der Waals surface area contributed by atoms with Crippen molar-refractivity contribution < 1.29 is 19.3 Å². The number of nitrogens with one attached hydrogen (secondary N) is 1. The van der Waals surface area contributed by atoms with Crippen LogP contribution in [0.5, 0.6) is 0 Å². The molecule has 0 bridgehead atoms. The average molecular weight is 485 g/mol. The van der Waals surface area contributed by atoms with Gasteiger partial charge in [-0.1, -0.05) is 60.7 Å². The second-order valence-corrected chi connectivity index (χ2v) is 9.09. The minimum absolute atomic E-state index is 0.0757. The van der Waals surface area contributed by atoms with Gasteiger partial charge in [0.15, 0.2) is 5.41 Å². The smallest absolute Gasteiger partial charge is 0.330 e. The summed E-state index contributed by atoms with van der Waals surface area (Å²) in [6.07, 6.45) is 0.353. The van der Waals surface area contributed by atoms with E-state index in [1.165, 1.54) is 12.1 Å². The van der Waals surface area contributed by atoms with Crippen LogP contribution in [0.25, 0.3) is 0 Å². The number of fused-ring (bicyclic) bond motifs is 1. The molecule has 3 aromatic carbocycles. The van der Waals surface area contributed by atoms with Crippen molar-refractivity contribution in [2.75, 3.05) is 18.5 Å². The van der Waals surface area contributed by atoms with Crippen molar-refractivity contribution in [3.05, 3.63) is 106 Å². The van der Waals surface area contributed by atoms with E-state index in [1.807, 2.05) is 60.7 Å². The van der Waals surface area contributed by atoms with Crippen LogP contribution in [0.4, 0.5) is 16.2 Å². The molecule has 1 N–H and O–H groups in total. The number of nitrogens with zero attached hydrogens (tertiary/aromatic N) is 3. The Morgan fingerprint density at radius 2 is 1.67 bits per heavy atom. The maximum atomic E-state index is 14.2. The summed E-state index contributed by atoms with van der Waals surface area (Å²) in [4.78, 5) is 54.5. The number of nitro groups is 1. The number of imide groups is 2. The van der Waals surface area contributed by atoms with Gasteiger partial charge in [0, 0.05) is 37.8 Å². The molecule has 5 rings (SSSR count). The maximum Gasteiger partial charge on any atom is 0.330 e. The van der Waals surface area contributed by atoms with Crippen LogP contribution in [0.2, 0.25) is 0 Å². The molecule has 9 nitrogen and oxygen atoms in total. The predicted molar refractivity (Wildman–Crippen MR) is 132 cm³/mol. The number of hydrogen-bond donors (Lipinski definition) is 1. The third-order valence-electron chi connectivity index (χ3n) is 7.06. The zero-order chi connectivity index (χ0) is 25.4. The third-order valence-corrected chi connectivity index (χ3v) is 7.06. The topological polar surface area (TPSA) is 113 Å². The Balaban J connectivity index is 1.62. The lowest BCUT2D eigenvalue weighted by molar-refractivity contribution is -0.384. The van der Waals surface area contributed by atoms with E-state index in [4.69, 9.17) is 0 Å². The van der Waals surface area contributed by atoms with Gasteiger partial charge >= 0.3 is 6.03 Å². The maximum absolute atomic E-state index is 14.2. The van der Waals surface area contributed by atoms with Crippen LogP contribution < -0.4 is 10.2 Å². The summed E-state index contributed by atoms with van der Waals surface area (Å²) in [5, 5.41) is 13.9. The largest absolute Gasteiger partial charge is 0.366 e. The van der Waals surface area contributed by atoms with Gasteiger partial charge in [-0.05, 0) is 29.2 Å². The minimum atomic E-state index is -1.69. The SMILES string of the molecule is CN1c2ccc([N+](=O)[O-])cc2C[C@@]2(C(=O)NC(=O)N(CCc3ccccc3)C2=O)[C@@H]1c1ccccc1. The number of non-ortho nitro benzene ring substituents is 1. The van der Waals surface area contributed by atoms with E-state index in [-0.39, 0.29) is 18.7 Å². The summed E-state index contributed by atoms with van der Waals surface area (Å²) in [5.74, 6) is -1.31. The summed E-state index contributed by atoms with van der Waals surface area (Å²) < 4.78 is 0. The summed E-state index contributed by atoms with van der Waals surface area (Å²) in [6, 6.07) is 21.6. The Hall–Kier alpha value is -4.53. The molecule has 9 heteroatoms. The van der Waals surface area contributed by atoms with Gasteiger partial charge in [0.05, 0.1) is 11.0 Å². The van der Waals surface area contributed by atoms with E-state index < -0.39 is 34.2 Å². The molecule has 1 saturated heterocycles. The summed E-state index contributed by atoms with van der Waals surface area (Å²) >= 11 is 0. The van der Waals surface area contributed by atoms with Gasteiger partial charge in [-0.15, -0.1) is 0 Å². The molecular formula is C27H24N4O5. The standard InChI is InChI=1S/C27H24N4O5/c1-29-22-13-12-21(31(35)36)16-20(22)17-27(23(29)19-10-6-3-7-11-19)24(32)28-26(34)30(25(27)33)15-14-18-8-4-2-5-9-18/h2-13,16,23H,14-15,17H2,1H3,(H,28,32,34)/t23-,27-/m0/s1. The van der Waals surface area contributed by atoms with Crippen LogP contribution in [0.1, 0.15) is 22.7 Å². The van der Waals surface area contributed by atoms with Crippen LogP contribution >= 0.6 is 0 Å². The Labute approximate surface area is 207 Å². The molecule has 1 spiro atoms. The van der Waals surface area contributed by atoms with Gasteiger partial charge in [0.2, 0.25) is 11.8 Å². The van der Waals surface area contributed by atoms with Gasteiger partial charge in [0.1, 0.15) is 0 Å². The van der Waals surface area contributed by atoms with Gasteiger partial charge in [0.25, 0.3) is 5.69 Å². The summed E-state index contributed by atoms with van der Waals surface area (Å²) in [6.45, 7) is 0.0940. The van der Waals surface area contributed by atoms with Gasteiger partial charge in [-0.25, -0.2) is 4.79 Å². The number of benzene rings is 3. The molecule has 36 heavy (non-hydrogen) atoms. The fraction of sp³-hybridized carbons (Fsp3) is 0.222.